The summed E-state index contributed by atoms with van der Waals surface area (Å²) < 4.78 is 0. The highest BCUT2D eigenvalue weighted by Crippen LogP contribution is 2.11. The summed E-state index contributed by atoms with van der Waals surface area (Å²) in [4.78, 5) is 22.2. The molecule has 0 spiro atoms. The van der Waals surface area contributed by atoms with E-state index in [1.165, 1.54) is 0 Å². The second-order valence-corrected chi connectivity index (χ2v) is 5.43. The maximum atomic E-state index is 11.6. The number of rotatable bonds is 6. The van der Waals surface area contributed by atoms with E-state index in [2.05, 4.69) is 10.6 Å². The molecule has 3 N–H and O–H groups in total. The molecule has 0 aliphatic carbocycles. The number of benzene rings is 1. The molecule has 1 rings (SSSR count). The molecule has 0 saturated heterocycles. The summed E-state index contributed by atoms with van der Waals surface area (Å²) in [6.07, 6.45) is 1.93. The molecule has 0 saturated carbocycles. The van der Waals surface area contributed by atoms with Gasteiger partial charge in [0.05, 0.1) is 6.42 Å². The number of anilines is 1. The molecular weight excluding hydrogens is 264 g/mol. The minimum atomic E-state index is -0.893. The fraction of sp³-hybridized carbons (Fsp3) is 0.385. The predicted molar refractivity (Wildman–Crippen MR) is 77.8 cm³/mol. The molecule has 0 fully saturated rings. The summed E-state index contributed by atoms with van der Waals surface area (Å²) in [6, 6.07) is 6.54. The van der Waals surface area contributed by atoms with Crippen LogP contribution in [-0.4, -0.2) is 35.2 Å². The van der Waals surface area contributed by atoms with Gasteiger partial charge in [-0.2, -0.15) is 11.8 Å². The lowest BCUT2D eigenvalue weighted by Gasteiger charge is -2.11. The van der Waals surface area contributed by atoms with Crippen molar-refractivity contribution >= 4 is 29.4 Å². The van der Waals surface area contributed by atoms with Crippen LogP contribution in [0.15, 0.2) is 24.3 Å². The standard InChI is InChI=1S/C13H18N2O3S/c1-9(19-2)8-14-13(18)15-11-5-3-4-10(6-11)7-12(16)17/h3-6,9H,7-8H2,1-2H3,(H,16,17)(H2,14,15,18). The lowest BCUT2D eigenvalue weighted by Crippen LogP contribution is -2.33. The molecule has 0 bridgehead atoms. The topological polar surface area (TPSA) is 78.4 Å². The average Bonchev–Trinajstić information content (AvgIpc) is 2.35. The van der Waals surface area contributed by atoms with E-state index in [0.717, 1.165) is 0 Å². The van der Waals surface area contributed by atoms with Crippen LogP contribution in [0.25, 0.3) is 0 Å². The second-order valence-electron chi connectivity index (χ2n) is 4.15. The largest absolute Gasteiger partial charge is 0.481 e. The molecule has 104 valence electrons. The Kier molecular flexibility index (Phi) is 6.21. The van der Waals surface area contributed by atoms with Gasteiger partial charge in [-0.25, -0.2) is 4.79 Å². The number of hydrogen-bond donors (Lipinski definition) is 3. The predicted octanol–water partition coefficient (Wildman–Crippen LogP) is 2.19. The summed E-state index contributed by atoms with van der Waals surface area (Å²) >= 11 is 1.67. The van der Waals surface area contributed by atoms with Crippen LogP contribution < -0.4 is 10.6 Å². The third-order valence-corrected chi connectivity index (χ3v) is 3.46. The number of carbonyl (C=O) groups excluding carboxylic acids is 1. The Morgan fingerprint density at radius 3 is 2.79 bits per heavy atom. The van der Waals surface area contributed by atoms with E-state index < -0.39 is 5.97 Å². The van der Waals surface area contributed by atoms with Gasteiger partial charge in [-0.15, -0.1) is 0 Å². The van der Waals surface area contributed by atoms with Crippen LogP contribution >= 0.6 is 11.8 Å². The van der Waals surface area contributed by atoms with Crippen molar-refractivity contribution in [1.29, 1.82) is 0 Å². The number of carbonyl (C=O) groups is 2. The number of nitrogens with one attached hydrogen (secondary N) is 2. The SMILES string of the molecule is CSC(C)CNC(=O)Nc1cccc(CC(=O)O)c1. The zero-order chi connectivity index (χ0) is 14.3. The van der Waals surface area contributed by atoms with Crippen LogP contribution in [0.4, 0.5) is 10.5 Å². The fourth-order valence-electron chi connectivity index (χ4n) is 1.43. The lowest BCUT2D eigenvalue weighted by molar-refractivity contribution is -0.136. The summed E-state index contributed by atoms with van der Waals surface area (Å²) in [5, 5.41) is 14.5. The molecule has 0 aliphatic heterocycles. The minimum absolute atomic E-state index is 0.0549. The molecule has 6 heteroatoms. The molecule has 5 nitrogen and oxygen atoms in total. The van der Waals surface area contributed by atoms with Gasteiger partial charge in [-0.1, -0.05) is 19.1 Å². The quantitative estimate of drug-likeness (QED) is 0.747. The molecule has 2 amide bonds. The zero-order valence-corrected chi connectivity index (χ0v) is 11.8. The van der Waals surface area contributed by atoms with Gasteiger partial charge in [0.15, 0.2) is 0 Å². The van der Waals surface area contributed by atoms with Gasteiger partial charge in [-0.3, -0.25) is 4.79 Å². The van der Waals surface area contributed by atoms with Gasteiger partial charge in [0.2, 0.25) is 0 Å². The van der Waals surface area contributed by atoms with Crippen LogP contribution in [0, 0.1) is 0 Å². The normalized spacial score (nSPS) is 11.7. The van der Waals surface area contributed by atoms with E-state index in [0.29, 0.717) is 23.0 Å². The van der Waals surface area contributed by atoms with Gasteiger partial charge in [0, 0.05) is 17.5 Å². The smallest absolute Gasteiger partial charge is 0.319 e. The molecule has 1 aromatic rings. The number of urea groups is 1. The van der Waals surface area contributed by atoms with Crippen molar-refractivity contribution in [3.05, 3.63) is 29.8 Å². The molecule has 19 heavy (non-hydrogen) atoms. The minimum Gasteiger partial charge on any atom is -0.481 e. The number of carboxylic acid groups (broad SMARTS) is 1. The number of carboxylic acids is 1. The Bertz CT molecular complexity index is 451. The van der Waals surface area contributed by atoms with E-state index >= 15 is 0 Å². The van der Waals surface area contributed by atoms with Gasteiger partial charge in [0.1, 0.15) is 0 Å². The first kappa shape index (κ1) is 15.4. The van der Waals surface area contributed by atoms with E-state index in [1.54, 1.807) is 36.0 Å². The van der Waals surface area contributed by atoms with Crippen LogP contribution in [0.5, 0.6) is 0 Å². The summed E-state index contributed by atoms with van der Waals surface area (Å²) in [6.45, 7) is 2.61. The van der Waals surface area contributed by atoms with Crippen LogP contribution in [0.2, 0.25) is 0 Å². The Morgan fingerprint density at radius 2 is 2.16 bits per heavy atom. The van der Waals surface area contributed by atoms with Crippen molar-refractivity contribution in [3.63, 3.8) is 0 Å². The number of thioether (sulfide) groups is 1. The van der Waals surface area contributed by atoms with Crippen LogP contribution in [0.1, 0.15) is 12.5 Å². The van der Waals surface area contributed by atoms with E-state index in [4.69, 9.17) is 5.11 Å². The monoisotopic (exact) mass is 282 g/mol. The molecule has 0 radical (unpaired) electrons. The fourth-order valence-corrected chi connectivity index (χ4v) is 1.68. The Hall–Kier alpha value is -1.69. The van der Waals surface area contributed by atoms with Gasteiger partial charge < -0.3 is 15.7 Å². The third kappa shape index (κ3) is 6.15. The number of hydrogen-bond acceptors (Lipinski definition) is 3. The van der Waals surface area contributed by atoms with Gasteiger partial charge >= 0.3 is 12.0 Å². The number of aliphatic carboxylic acids is 1. The molecule has 1 aromatic carbocycles. The van der Waals surface area contributed by atoms with E-state index in [9.17, 15) is 9.59 Å². The van der Waals surface area contributed by atoms with E-state index in [-0.39, 0.29) is 12.5 Å². The Balaban J connectivity index is 2.52. The Labute approximate surface area is 116 Å². The molecule has 0 aliphatic rings. The summed E-state index contributed by atoms with van der Waals surface area (Å²) in [7, 11) is 0. The van der Waals surface area contributed by atoms with Crippen molar-refractivity contribution in [1.82, 2.24) is 5.32 Å². The first-order chi connectivity index (χ1) is 9.01. The van der Waals surface area contributed by atoms with Crippen molar-refractivity contribution in [3.8, 4) is 0 Å². The lowest BCUT2D eigenvalue weighted by atomic mass is 10.1. The maximum Gasteiger partial charge on any atom is 0.319 e. The van der Waals surface area contributed by atoms with Gasteiger partial charge in [0.25, 0.3) is 0 Å². The Morgan fingerprint density at radius 1 is 1.42 bits per heavy atom. The summed E-state index contributed by atoms with van der Waals surface area (Å²) in [5.74, 6) is -0.893. The molecule has 1 unspecified atom stereocenters. The van der Waals surface area contributed by atoms with Crippen molar-refractivity contribution in [2.75, 3.05) is 18.1 Å². The molecule has 0 aromatic heterocycles. The van der Waals surface area contributed by atoms with E-state index in [1.807, 2.05) is 13.2 Å². The molecule has 0 heterocycles. The first-order valence-corrected chi connectivity index (χ1v) is 7.18. The van der Waals surface area contributed by atoms with Crippen molar-refractivity contribution in [2.45, 2.75) is 18.6 Å². The average molecular weight is 282 g/mol. The third-order valence-electron chi connectivity index (χ3n) is 2.49. The highest BCUT2D eigenvalue weighted by molar-refractivity contribution is 7.99. The first-order valence-electron chi connectivity index (χ1n) is 5.89. The number of amides is 2. The highest BCUT2D eigenvalue weighted by atomic mass is 32.2. The zero-order valence-electron chi connectivity index (χ0n) is 11.0. The second kappa shape index (κ2) is 7.68. The molecule has 1 atom stereocenters. The van der Waals surface area contributed by atoms with Gasteiger partial charge in [-0.05, 0) is 24.0 Å². The highest BCUT2D eigenvalue weighted by Gasteiger charge is 2.06. The summed E-state index contributed by atoms with van der Waals surface area (Å²) in [5.41, 5.74) is 1.25. The molecular formula is C13H18N2O3S. The van der Waals surface area contributed by atoms with Crippen LogP contribution in [-0.2, 0) is 11.2 Å². The van der Waals surface area contributed by atoms with Crippen molar-refractivity contribution < 1.29 is 14.7 Å². The maximum absolute atomic E-state index is 11.6. The van der Waals surface area contributed by atoms with Crippen LogP contribution in [0.3, 0.4) is 0 Å². The van der Waals surface area contributed by atoms with Crippen molar-refractivity contribution in [2.24, 2.45) is 0 Å².